The van der Waals surface area contributed by atoms with Gasteiger partial charge in [-0.3, -0.25) is 0 Å². The lowest BCUT2D eigenvalue weighted by molar-refractivity contribution is 0.0735. The zero-order valence-electron chi connectivity index (χ0n) is 18.6. The first-order chi connectivity index (χ1) is 16.2. The van der Waals surface area contributed by atoms with Gasteiger partial charge in [-0.2, -0.15) is 4.98 Å². The fourth-order valence-corrected chi connectivity index (χ4v) is 3.43. The molecular formula is C27H25N3O3. The number of nitrogens with zero attached hydrogens (tertiary/aromatic N) is 3. The second kappa shape index (κ2) is 10.4. The van der Waals surface area contributed by atoms with E-state index in [1.54, 1.807) is 48.5 Å². The van der Waals surface area contributed by atoms with E-state index in [1.165, 1.54) is 5.69 Å². The van der Waals surface area contributed by atoms with Crippen molar-refractivity contribution >= 4 is 23.8 Å². The van der Waals surface area contributed by atoms with Crippen LogP contribution >= 0.6 is 0 Å². The van der Waals surface area contributed by atoms with Crippen molar-refractivity contribution in [3.05, 3.63) is 95.8 Å². The Balaban J connectivity index is 1.49. The highest BCUT2D eigenvalue weighted by molar-refractivity contribution is 5.91. The highest BCUT2D eigenvalue weighted by Gasteiger charge is 2.16. The SMILES string of the molecule is CCN(CC)c1ccc(/C=C/c2noc(-c3ccccc3OC(=O)c3ccccc3)n2)cc1. The van der Waals surface area contributed by atoms with Crippen LogP contribution in [-0.2, 0) is 0 Å². The van der Waals surface area contributed by atoms with Crippen molar-refractivity contribution in [1.29, 1.82) is 0 Å². The van der Waals surface area contributed by atoms with Crippen LogP contribution in [-0.4, -0.2) is 29.2 Å². The fourth-order valence-electron chi connectivity index (χ4n) is 3.43. The molecule has 0 aliphatic carbocycles. The van der Waals surface area contributed by atoms with Gasteiger partial charge >= 0.3 is 5.97 Å². The van der Waals surface area contributed by atoms with Gasteiger partial charge in [-0.15, -0.1) is 0 Å². The Kier molecular flexibility index (Phi) is 6.95. The van der Waals surface area contributed by atoms with Crippen LogP contribution in [0.4, 0.5) is 5.69 Å². The predicted molar refractivity (Wildman–Crippen MR) is 130 cm³/mol. The van der Waals surface area contributed by atoms with Crippen LogP contribution in [0.3, 0.4) is 0 Å². The van der Waals surface area contributed by atoms with Gasteiger partial charge in [0.2, 0.25) is 0 Å². The van der Waals surface area contributed by atoms with E-state index in [9.17, 15) is 4.79 Å². The third kappa shape index (κ3) is 5.36. The zero-order valence-corrected chi connectivity index (χ0v) is 18.6. The minimum Gasteiger partial charge on any atom is -0.422 e. The standard InChI is InChI=1S/C27H25N3O3/c1-3-30(4-2)22-17-14-20(15-18-22)16-19-25-28-26(33-29-25)23-12-8-9-13-24(23)32-27(31)21-10-6-5-7-11-21/h5-19H,3-4H2,1-2H3/b19-16+. The van der Waals surface area contributed by atoms with E-state index in [0.717, 1.165) is 18.7 Å². The minimum atomic E-state index is -0.448. The maximum absolute atomic E-state index is 12.5. The summed E-state index contributed by atoms with van der Waals surface area (Å²) in [6.07, 6.45) is 3.72. The number of esters is 1. The monoisotopic (exact) mass is 439 g/mol. The number of hydrogen-bond donors (Lipinski definition) is 0. The van der Waals surface area contributed by atoms with Crippen LogP contribution in [0.15, 0.2) is 83.4 Å². The lowest BCUT2D eigenvalue weighted by atomic mass is 10.1. The van der Waals surface area contributed by atoms with Crippen LogP contribution in [0, 0.1) is 0 Å². The Hall–Kier alpha value is -4.19. The molecule has 0 saturated carbocycles. The van der Waals surface area contributed by atoms with Gasteiger partial charge in [-0.05, 0) is 61.9 Å². The Labute approximate surface area is 193 Å². The maximum atomic E-state index is 12.5. The number of anilines is 1. The summed E-state index contributed by atoms with van der Waals surface area (Å²) in [7, 11) is 0. The third-order valence-electron chi connectivity index (χ3n) is 5.22. The molecule has 0 N–H and O–H groups in total. The molecule has 4 aromatic rings. The highest BCUT2D eigenvalue weighted by Crippen LogP contribution is 2.29. The van der Waals surface area contributed by atoms with E-state index in [4.69, 9.17) is 9.26 Å². The first kappa shape index (κ1) is 22.0. The van der Waals surface area contributed by atoms with Crippen LogP contribution in [0.25, 0.3) is 23.6 Å². The molecule has 0 amide bonds. The summed E-state index contributed by atoms with van der Waals surface area (Å²) >= 11 is 0. The van der Waals surface area contributed by atoms with E-state index in [0.29, 0.717) is 22.7 Å². The maximum Gasteiger partial charge on any atom is 0.343 e. The molecule has 0 aliphatic rings. The van der Waals surface area contributed by atoms with Gasteiger partial charge in [0.1, 0.15) is 5.75 Å². The topological polar surface area (TPSA) is 68.5 Å². The molecule has 4 rings (SSSR count). The van der Waals surface area contributed by atoms with Crippen LogP contribution in [0.2, 0.25) is 0 Å². The number of benzene rings is 3. The first-order valence-electron chi connectivity index (χ1n) is 10.9. The zero-order chi connectivity index (χ0) is 23.0. The van der Waals surface area contributed by atoms with Crippen molar-refractivity contribution in [2.45, 2.75) is 13.8 Å². The van der Waals surface area contributed by atoms with Crippen molar-refractivity contribution < 1.29 is 14.1 Å². The van der Waals surface area contributed by atoms with Crippen molar-refractivity contribution in [1.82, 2.24) is 10.1 Å². The molecule has 0 bridgehead atoms. The second-order valence-corrected chi connectivity index (χ2v) is 7.31. The summed E-state index contributed by atoms with van der Waals surface area (Å²) in [5.74, 6) is 0.623. The number of hydrogen-bond acceptors (Lipinski definition) is 6. The molecule has 1 heterocycles. The summed E-state index contributed by atoms with van der Waals surface area (Å²) < 4.78 is 11.0. The molecule has 1 aromatic heterocycles. The largest absolute Gasteiger partial charge is 0.422 e. The average Bonchev–Trinajstić information content (AvgIpc) is 3.34. The second-order valence-electron chi connectivity index (χ2n) is 7.31. The molecule has 0 fully saturated rings. The first-order valence-corrected chi connectivity index (χ1v) is 10.9. The number of carbonyl (C=O) groups is 1. The average molecular weight is 440 g/mol. The Morgan fingerprint density at radius 1 is 0.909 bits per heavy atom. The summed E-state index contributed by atoms with van der Waals surface area (Å²) in [6, 6.07) is 24.2. The molecule has 0 spiro atoms. The van der Waals surface area contributed by atoms with E-state index in [1.807, 2.05) is 18.2 Å². The fraction of sp³-hybridized carbons (Fsp3) is 0.148. The third-order valence-corrected chi connectivity index (χ3v) is 5.22. The summed E-state index contributed by atoms with van der Waals surface area (Å²) in [5.41, 5.74) is 3.25. The van der Waals surface area contributed by atoms with Crippen molar-refractivity contribution in [3.8, 4) is 17.2 Å². The summed E-state index contributed by atoms with van der Waals surface area (Å²) in [6.45, 7) is 6.23. The minimum absolute atomic E-state index is 0.281. The number of aromatic nitrogens is 2. The van der Waals surface area contributed by atoms with Gasteiger partial charge < -0.3 is 14.2 Å². The van der Waals surface area contributed by atoms with Gasteiger partial charge in [0.15, 0.2) is 5.82 Å². The van der Waals surface area contributed by atoms with Crippen LogP contribution in [0.5, 0.6) is 5.75 Å². The van der Waals surface area contributed by atoms with Gasteiger partial charge in [0.25, 0.3) is 5.89 Å². The molecule has 0 aliphatic heterocycles. The molecule has 0 saturated heterocycles. The van der Waals surface area contributed by atoms with Crippen LogP contribution in [0.1, 0.15) is 35.6 Å². The molecule has 6 heteroatoms. The Morgan fingerprint density at radius 3 is 2.33 bits per heavy atom. The van der Waals surface area contributed by atoms with Gasteiger partial charge in [0, 0.05) is 18.8 Å². The van der Waals surface area contributed by atoms with E-state index in [2.05, 4.69) is 53.2 Å². The normalized spacial score (nSPS) is 11.0. The molecule has 0 unspecified atom stereocenters. The van der Waals surface area contributed by atoms with Crippen LogP contribution < -0.4 is 9.64 Å². The Morgan fingerprint density at radius 2 is 1.61 bits per heavy atom. The Bertz CT molecular complexity index is 1230. The van der Waals surface area contributed by atoms with E-state index in [-0.39, 0.29) is 5.89 Å². The van der Waals surface area contributed by atoms with E-state index >= 15 is 0 Å². The van der Waals surface area contributed by atoms with Gasteiger partial charge in [0.05, 0.1) is 11.1 Å². The molecule has 0 radical (unpaired) electrons. The number of ether oxygens (including phenoxy) is 1. The van der Waals surface area contributed by atoms with Crippen molar-refractivity contribution in [2.24, 2.45) is 0 Å². The van der Waals surface area contributed by atoms with Crippen molar-refractivity contribution in [3.63, 3.8) is 0 Å². The molecule has 166 valence electrons. The summed E-state index contributed by atoms with van der Waals surface area (Å²) in [5, 5.41) is 4.04. The lowest BCUT2D eigenvalue weighted by Crippen LogP contribution is -2.21. The van der Waals surface area contributed by atoms with Gasteiger partial charge in [-0.1, -0.05) is 53.7 Å². The molecule has 0 atom stereocenters. The highest BCUT2D eigenvalue weighted by atomic mass is 16.5. The quantitative estimate of drug-likeness (QED) is 0.249. The molecule has 6 nitrogen and oxygen atoms in total. The van der Waals surface area contributed by atoms with Gasteiger partial charge in [-0.25, -0.2) is 4.79 Å². The van der Waals surface area contributed by atoms with Crippen molar-refractivity contribution in [2.75, 3.05) is 18.0 Å². The smallest absolute Gasteiger partial charge is 0.343 e. The lowest BCUT2D eigenvalue weighted by Gasteiger charge is -2.20. The molecule has 33 heavy (non-hydrogen) atoms. The van der Waals surface area contributed by atoms with E-state index < -0.39 is 5.97 Å². The molecule has 3 aromatic carbocycles. The predicted octanol–water partition coefficient (Wildman–Crippen LogP) is 5.97. The number of para-hydroxylation sites is 1. The number of carbonyl (C=O) groups excluding carboxylic acids is 1. The summed E-state index contributed by atoms with van der Waals surface area (Å²) in [4.78, 5) is 19.2. The number of rotatable bonds is 8. The molecular weight excluding hydrogens is 414 g/mol.